The third-order valence-electron chi connectivity index (χ3n) is 6.12. The molecule has 1 unspecified atom stereocenters. The van der Waals surface area contributed by atoms with Crippen molar-refractivity contribution in [1.29, 1.82) is 0 Å². The molecule has 8 heteroatoms. The number of anilines is 1. The summed E-state index contributed by atoms with van der Waals surface area (Å²) in [7, 11) is 0. The molecule has 2 fully saturated rings. The Bertz CT molecular complexity index is 1080. The van der Waals surface area contributed by atoms with E-state index >= 15 is 0 Å². The smallest absolute Gasteiger partial charge is 0.308 e. The summed E-state index contributed by atoms with van der Waals surface area (Å²) in [6, 6.07) is 10.5. The van der Waals surface area contributed by atoms with Crippen molar-refractivity contribution in [1.82, 2.24) is 4.90 Å². The molecule has 2 aromatic carbocycles. The first-order valence-corrected chi connectivity index (χ1v) is 11.1. The Morgan fingerprint density at radius 1 is 1.00 bits per heavy atom. The number of hydrogen-bond acceptors (Lipinski definition) is 5. The third kappa shape index (κ3) is 4.65. The molecular weight excluding hydrogens is 427 g/mol. The van der Waals surface area contributed by atoms with Crippen molar-refractivity contribution in [3.63, 3.8) is 0 Å². The van der Waals surface area contributed by atoms with Crippen LogP contribution in [0, 0.1) is 5.82 Å². The molecule has 0 bridgehead atoms. The lowest BCUT2D eigenvalue weighted by atomic mass is 9.92. The molecule has 172 valence electrons. The minimum Gasteiger partial charge on any atom is -0.427 e. The van der Waals surface area contributed by atoms with Crippen LogP contribution in [0.5, 0.6) is 5.75 Å². The predicted molar refractivity (Wildman–Crippen MR) is 118 cm³/mol. The summed E-state index contributed by atoms with van der Waals surface area (Å²) < 4.78 is 19.5. The van der Waals surface area contributed by atoms with Crippen molar-refractivity contribution < 1.29 is 28.3 Å². The molecule has 2 aromatic rings. The molecule has 1 heterocycles. The standard InChI is InChI=1S/C25H25FN2O5/c1-16(29)33-19-13-11-18(12-14-19)28-23(30)15-22(25(28)32)27(17-7-3-2-4-8-17)24(31)20-9-5-6-10-21(20)26/h5-6,9-14,17,22H,2-4,7-8,15H2,1H3. The van der Waals surface area contributed by atoms with Gasteiger partial charge in [-0.1, -0.05) is 31.4 Å². The van der Waals surface area contributed by atoms with Crippen LogP contribution in [0.4, 0.5) is 10.1 Å². The first-order chi connectivity index (χ1) is 15.9. The highest BCUT2D eigenvalue weighted by Crippen LogP contribution is 2.33. The van der Waals surface area contributed by atoms with Crippen LogP contribution in [0.3, 0.4) is 0 Å². The highest BCUT2D eigenvalue weighted by molar-refractivity contribution is 6.23. The highest BCUT2D eigenvalue weighted by atomic mass is 19.1. The molecule has 1 atom stereocenters. The van der Waals surface area contributed by atoms with E-state index in [0.717, 1.165) is 24.2 Å². The molecule has 0 N–H and O–H groups in total. The first kappa shape index (κ1) is 22.6. The van der Waals surface area contributed by atoms with Gasteiger partial charge >= 0.3 is 5.97 Å². The van der Waals surface area contributed by atoms with Crippen LogP contribution < -0.4 is 9.64 Å². The molecule has 0 spiro atoms. The van der Waals surface area contributed by atoms with Gasteiger partial charge in [0.25, 0.3) is 11.8 Å². The molecule has 1 saturated heterocycles. The van der Waals surface area contributed by atoms with Gasteiger partial charge in [0.05, 0.1) is 17.7 Å². The Morgan fingerprint density at radius 2 is 1.67 bits per heavy atom. The minimum absolute atomic E-state index is 0.104. The van der Waals surface area contributed by atoms with Gasteiger partial charge in [-0.05, 0) is 49.2 Å². The fraction of sp³-hybridized carbons (Fsp3) is 0.360. The van der Waals surface area contributed by atoms with Crippen molar-refractivity contribution in [3.05, 3.63) is 59.9 Å². The molecule has 1 aliphatic heterocycles. The normalized spacial score (nSPS) is 19.0. The van der Waals surface area contributed by atoms with Crippen LogP contribution in [-0.4, -0.2) is 40.7 Å². The van der Waals surface area contributed by atoms with Crippen LogP contribution >= 0.6 is 0 Å². The molecule has 2 aliphatic rings. The predicted octanol–water partition coefficient (Wildman–Crippen LogP) is 3.86. The van der Waals surface area contributed by atoms with Crippen LogP contribution in [0.1, 0.15) is 55.8 Å². The Morgan fingerprint density at radius 3 is 2.30 bits per heavy atom. The number of nitrogens with zero attached hydrogens (tertiary/aromatic N) is 2. The molecular formula is C25H25FN2O5. The van der Waals surface area contributed by atoms with E-state index < -0.39 is 35.5 Å². The Hall–Kier alpha value is -3.55. The largest absolute Gasteiger partial charge is 0.427 e. The number of carbonyl (C=O) groups excluding carboxylic acids is 4. The van der Waals surface area contributed by atoms with E-state index in [4.69, 9.17) is 4.74 Å². The maximum atomic E-state index is 14.5. The van der Waals surface area contributed by atoms with Gasteiger partial charge in [-0.25, -0.2) is 9.29 Å². The van der Waals surface area contributed by atoms with Crippen molar-refractivity contribution in [2.45, 2.75) is 57.5 Å². The fourth-order valence-electron chi connectivity index (χ4n) is 4.63. The number of imide groups is 1. The molecule has 1 aliphatic carbocycles. The van der Waals surface area contributed by atoms with Crippen LogP contribution in [-0.2, 0) is 14.4 Å². The Labute approximate surface area is 191 Å². The van der Waals surface area contributed by atoms with Gasteiger partial charge in [-0.3, -0.25) is 19.2 Å². The van der Waals surface area contributed by atoms with Crippen molar-refractivity contribution >= 4 is 29.4 Å². The first-order valence-electron chi connectivity index (χ1n) is 11.1. The van der Waals surface area contributed by atoms with Crippen LogP contribution in [0.15, 0.2) is 48.5 Å². The minimum atomic E-state index is -0.999. The topological polar surface area (TPSA) is 84.0 Å². The summed E-state index contributed by atoms with van der Waals surface area (Å²) in [5.41, 5.74) is 0.220. The number of rotatable bonds is 5. The van der Waals surface area contributed by atoms with Crippen molar-refractivity contribution in [2.75, 3.05) is 4.90 Å². The van der Waals surface area contributed by atoms with E-state index in [0.29, 0.717) is 24.3 Å². The number of benzene rings is 2. The summed E-state index contributed by atoms with van der Waals surface area (Å²) in [4.78, 5) is 53.4. The summed E-state index contributed by atoms with van der Waals surface area (Å²) in [5.74, 6) is -2.37. The lowest BCUT2D eigenvalue weighted by Gasteiger charge is -2.37. The molecule has 7 nitrogen and oxygen atoms in total. The number of hydrogen-bond donors (Lipinski definition) is 0. The summed E-state index contributed by atoms with van der Waals surface area (Å²) in [6.07, 6.45) is 4.09. The van der Waals surface area contributed by atoms with E-state index in [-0.39, 0.29) is 18.0 Å². The number of carbonyl (C=O) groups is 4. The van der Waals surface area contributed by atoms with E-state index in [2.05, 4.69) is 0 Å². The highest BCUT2D eigenvalue weighted by Gasteiger charge is 2.47. The fourth-order valence-corrected chi connectivity index (χ4v) is 4.63. The molecule has 4 rings (SSSR count). The van der Waals surface area contributed by atoms with Crippen LogP contribution in [0.2, 0.25) is 0 Å². The average molecular weight is 452 g/mol. The van der Waals surface area contributed by atoms with Gasteiger partial charge < -0.3 is 9.64 Å². The van der Waals surface area contributed by atoms with Gasteiger partial charge in [-0.15, -0.1) is 0 Å². The number of halogens is 1. The van der Waals surface area contributed by atoms with Gasteiger partial charge in [0.15, 0.2) is 0 Å². The van der Waals surface area contributed by atoms with E-state index in [1.54, 1.807) is 6.07 Å². The van der Waals surface area contributed by atoms with E-state index in [1.165, 1.54) is 54.3 Å². The summed E-state index contributed by atoms with van der Waals surface area (Å²) >= 11 is 0. The summed E-state index contributed by atoms with van der Waals surface area (Å²) in [5, 5.41) is 0. The van der Waals surface area contributed by atoms with Gasteiger partial charge in [0, 0.05) is 13.0 Å². The molecule has 33 heavy (non-hydrogen) atoms. The molecule has 1 saturated carbocycles. The van der Waals surface area contributed by atoms with E-state index in [1.807, 2.05) is 0 Å². The maximum Gasteiger partial charge on any atom is 0.308 e. The maximum absolute atomic E-state index is 14.5. The van der Waals surface area contributed by atoms with Gasteiger partial charge in [0.2, 0.25) is 5.91 Å². The zero-order valence-corrected chi connectivity index (χ0v) is 18.3. The second-order valence-corrected chi connectivity index (χ2v) is 8.36. The zero-order valence-electron chi connectivity index (χ0n) is 18.3. The van der Waals surface area contributed by atoms with E-state index in [9.17, 15) is 23.6 Å². The number of esters is 1. The Balaban J connectivity index is 1.64. The molecule has 0 radical (unpaired) electrons. The monoisotopic (exact) mass is 452 g/mol. The Kier molecular flexibility index (Phi) is 6.53. The molecule has 0 aromatic heterocycles. The van der Waals surface area contributed by atoms with Gasteiger partial charge in [0.1, 0.15) is 17.6 Å². The lowest BCUT2D eigenvalue weighted by Crippen LogP contribution is -2.51. The quantitative estimate of drug-likeness (QED) is 0.391. The third-order valence-corrected chi connectivity index (χ3v) is 6.12. The lowest BCUT2D eigenvalue weighted by molar-refractivity contribution is -0.132. The molecule has 3 amide bonds. The van der Waals surface area contributed by atoms with Crippen LogP contribution in [0.25, 0.3) is 0 Å². The number of amides is 3. The SMILES string of the molecule is CC(=O)Oc1ccc(N2C(=O)CC(N(C(=O)c3ccccc3F)C3CCCCC3)C2=O)cc1. The zero-order chi connectivity index (χ0) is 23.5. The van der Waals surface area contributed by atoms with Gasteiger partial charge in [-0.2, -0.15) is 0 Å². The summed E-state index contributed by atoms with van der Waals surface area (Å²) in [6.45, 7) is 1.28. The van der Waals surface area contributed by atoms with Crippen molar-refractivity contribution in [3.8, 4) is 5.75 Å². The van der Waals surface area contributed by atoms with Crippen molar-refractivity contribution in [2.24, 2.45) is 0 Å². The second kappa shape index (κ2) is 9.52. The second-order valence-electron chi connectivity index (χ2n) is 8.36. The number of ether oxygens (including phenoxy) is 1. The average Bonchev–Trinajstić information content (AvgIpc) is 3.09.